The van der Waals surface area contributed by atoms with Crippen LogP contribution in [0.4, 0.5) is 5.69 Å². The van der Waals surface area contributed by atoms with Gasteiger partial charge in [-0.2, -0.15) is 0 Å². The summed E-state index contributed by atoms with van der Waals surface area (Å²) < 4.78 is 0. The Balaban J connectivity index is 1.92. The summed E-state index contributed by atoms with van der Waals surface area (Å²) in [5.41, 5.74) is 1.60. The lowest BCUT2D eigenvalue weighted by Gasteiger charge is -2.15. The van der Waals surface area contributed by atoms with Crippen LogP contribution in [-0.4, -0.2) is 11.0 Å². The minimum absolute atomic E-state index is 0.145. The summed E-state index contributed by atoms with van der Waals surface area (Å²) in [4.78, 5) is 11.8. The first kappa shape index (κ1) is 15.0. The summed E-state index contributed by atoms with van der Waals surface area (Å²) in [7, 11) is 0. The molecule has 108 valence electrons. The third kappa shape index (κ3) is 4.58. The molecule has 2 rings (SSSR count). The van der Waals surface area contributed by atoms with Crippen molar-refractivity contribution in [3.63, 3.8) is 0 Å². The fourth-order valence-electron chi connectivity index (χ4n) is 2.00. The molecule has 0 aromatic heterocycles. The third-order valence-corrected chi connectivity index (χ3v) is 3.23. The van der Waals surface area contributed by atoms with E-state index < -0.39 is 6.10 Å². The van der Waals surface area contributed by atoms with Crippen LogP contribution in [0, 0.1) is 5.92 Å². The molecule has 3 nitrogen and oxygen atoms in total. The van der Waals surface area contributed by atoms with Crippen LogP contribution in [0.25, 0.3) is 0 Å². The van der Waals surface area contributed by atoms with Crippen molar-refractivity contribution in [3.05, 3.63) is 78.4 Å². The van der Waals surface area contributed by atoms with Crippen LogP contribution in [0.3, 0.4) is 0 Å². The summed E-state index contributed by atoms with van der Waals surface area (Å²) in [6.45, 7) is 1.88. The van der Waals surface area contributed by atoms with Gasteiger partial charge in [-0.15, -0.1) is 0 Å². The number of carbonyl (C=O) groups is 1. The van der Waals surface area contributed by atoms with E-state index in [1.807, 2.05) is 67.6 Å². The topological polar surface area (TPSA) is 49.3 Å². The van der Waals surface area contributed by atoms with E-state index in [2.05, 4.69) is 5.32 Å². The number of nitrogens with one attached hydrogen (secondary N) is 1. The molecule has 21 heavy (non-hydrogen) atoms. The second-order valence-corrected chi connectivity index (χ2v) is 4.93. The second-order valence-electron chi connectivity index (χ2n) is 4.93. The Morgan fingerprint density at radius 2 is 1.62 bits per heavy atom. The lowest BCUT2D eigenvalue weighted by molar-refractivity contribution is -0.111. The smallest absolute Gasteiger partial charge is 0.248 e. The third-order valence-electron chi connectivity index (χ3n) is 3.23. The zero-order valence-corrected chi connectivity index (χ0v) is 11.9. The van der Waals surface area contributed by atoms with Gasteiger partial charge in [0.15, 0.2) is 0 Å². The molecule has 0 saturated heterocycles. The first-order chi connectivity index (χ1) is 10.2. The van der Waals surface area contributed by atoms with E-state index in [-0.39, 0.29) is 11.8 Å². The molecular formula is C18H19NO2. The van der Waals surface area contributed by atoms with Crippen LogP contribution in [0.1, 0.15) is 18.6 Å². The maximum absolute atomic E-state index is 11.8. The number of hydrogen-bond donors (Lipinski definition) is 2. The molecular weight excluding hydrogens is 262 g/mol. The summed E-state index contributed by atoms with van der Waals surface area (Å²) in [6, 6.07) is 18.7. The normalized spacial score (nSPS) is 13.8. The SMILES string of the molecule is CC(/C=C/C(=O)Nc1ccccc1)C(O)c1ccccc1. The van der Waals surface area contributed by atoms with Crippen molar-refractivity contribution in [1.82, 2.24) is 0 Å². The molecule has 0 heterocycles. The van der Waals surface area contributed by atoms with Crippen LogP contribution in [0.5, 0.6) is 0 Å². The molecule has 0 aliphatic rings. The highest BCUT2D eigenvalue weighted by Crippen LogP contribution is 2.22. The summed E-state index contributed by atoms with van der Waals surface area (Å²) in [6.07, 6.45) is 2.56. The molecule has 0 aliphatic heterocycles. The van der Waals surface area contributed by atoms with Crippen LogP contribution < -0.4 is 5.32 Å². The van der Waals surface area contributed by atoms with E-state index >= 15 is 0 Å². The van der Waals surface area contributed by atoms with Gasteiger partial charge in [0.05, 0.1) is 6.10 Å². The van der Waals surface area contributed by atoms with Gasteiger partial charge in [-0.1, -0.05) is 61.5 Å². The minimum atomic E-state index is -0.619. The van der Waals surface area contributed by atoms with Gasteiger partial charge in [0.2, 0.25) is 5.91 Å². The Morgan fingerprint density at radius 1 is 1.05 bits per heavy atom. The molecule has 2 N–H and O–H groups in total. The van der Waals surface area contributed by atoms with Gasteiger partial charge in [0, 0.05) is 11.6 Å². The average molecular weight is 281 g/mol. The van der Waals surface area contributed by atoms with Crippen LogP contribution in [0.2, 0.25) is 0 Å². The number of aliphatic hydroxyl groups excluding tert-OH is 1. The fourth-order valence-corrected chi connectivity index (χ4v) is 2.00. The number of amides is 1. The van der Waals surface area contributed by atoms with E-state index in [1.165, 1.54) is 6.08 Å². The number of aliphatic hydroxyl groups is 1. The van der Waals surface area contributed by atoms with Crippen molar-refractivity contribution < 1.29 is 9.90 Å². The molecule has 2 aromatic rings. The molecule has 0 bridgehead atoms. The number of rotatable bonds is 5. The molecule has 0 fully saturated rings. The Bertz CT molecular complexity index is 593. The van der Waals surface area contributed by atoms with Crippen LogP contribution in [0.15, 0.2) is 72.8 Å². The average Bonchev–Trinajstić information content (AvgIpc) is 2.53. The molecule has 3 heteroatoms. The predicted octanol–water partition coefficient (Wildman–Crippen LogP) is 3.55. The van der Waals surface area contributed by atoms with Gasteiger partial charge >= 0.3 is 0 Å². The Labute approximate surface area is 124 Å². The van der Waals surface area contributed by atoms with Crippen LogP contribution >= 0.6 is 0 Å². The lowest BCUT2D eigenvalue weighted by Crippen LogP contribution is -2.10. The maximum atomic E-state index is 11.8. The number of carbonyl (C=O) groups excluding carboxylic acids is 1. The molecule has 2 aromatic carbocycles. The molecule has 1 amide bonds. The standard InChI is InChI=1S/C18H19NO2/c1-14(18(21)15-8-4-2-5-9-15)12-13-17(20)19-16-10-6-3-7-11-16/h2-14,18,21H,1H3,(H,19,20)/b13-12+. The highest BCUT2D eigenvalue weighted by Gasteiger charge is 2.13. The molecule has 0 aliphatic carbocycles. The Kier molecular flexibility index (Phi) is 5.29. The van der Waals surface area contributed by atoms with Crippen LogP contribution in [-0.2, 0) is 4.79 Å². The zero-order chi connectivity index (χ0) is 15.1. The lowest BCUT2D eigenvalue weighted by atomic mass is 9.97. The van der Waals surface area contributed by atoms with E-state index in [0.29, 0.717) is 0 Å². The maximum Gasteiger partial charge on any atom is 0.248 e. The van der Waals surface area contributed by atoms with Gasteiger partial charge in [-0.05, 0) is 23.8 Å². The van der Waals surface area contributed by atoms with Crippen molar-refractivity contribution in [3.8, 4) is 0 Å². The Hall–Kier alpha value is -2.39. The second kappa shape index (κ2) is 7.41. The zero-order valence-electron chi connectivity index (χ0n) is 11.9. The van der Waals surface area contributed by atoms with Gasteiger partial charge in [-0.25, -0.2) is 0 Å². The minimum Gasteiger partial charge on any atom is -0.388 e. The highest BCUT2D eigenvalue weighted by atomic mass is 16.3. The van der Waals surface area contributed by atoms with Crippen molar-refractivity contribution in [2.45, 2.75) is 13.0 Å². The number of anilines is 1. The highest BCUT2D eigenvalue weighted by molar-refractivity contribution is 5.99. The fraction of sp³-hybridized carbons (Fsp3) is 0.167. The van der Waals surface area contributed by atoms with Crippen molar-refractivity contribution >= 4 is 11.6 Å². The number of hydrogen-bond acceptors (Lipinski definition) is 2. The largest absolute Gasteiger partial charge is 0.388 e. The van der Waals surface area contributed by atoms with Gasteiger partial charge in [0.25, 0.3) is 0 Å². The first-order valence-electron chi connectivity index (χ1n) is 6.94. The van der Waals surface area contributed by atoms with Gasteiger partial charge in [0.1, 0.15) is 0 Å². The Morgan fingerprint density at radius 3 is 2.24 bits per heavy atom. The van der Waals surface area contributed by atoms with Crippen molar-refractivity contribution in [1.29, 1.82) is 0 Å². The van der Waals surface area contributed by atoms with E-state index in [9.17, 15) is 9.90 Å². The molecule has 0 saturated carbocycles. The van der Waals surface area contributed by atoms with E-state index in [4.69, 9.17) is 0 Å². The molecule has 2 unspecified atom stereocenters. The number of para-hydroxylation sites is 1. The van der Waals surface area contributed by atoms with Gasteiger partial charge < -0.3 is 10.4 Å². The monoisotopic (exact) mass is 281 g/mol. The van der Waals surface area contributed by atoms with E-state index in [0.717, 1.165) is 11.3 Å². The first-order valence-corrected chi connectivity index (χ1v) is 6.94. The molecule has 0 radical (unpaired) electrons. The summed E-state index contributed by atoms with van der Waals surface area (Å²) >= 11 is 0. The number of benzene rings is 2. The quantitative estimate of drug-likeness (QED) is 0.823. The van der Waals surface area contributed by atoms with Crippen molar-refractivity contribution in [2.24, 2.45) is 5.92 Å². The van der Waals surface area contributed by atoms with Gasteiger partial charge in [-0.3, -0.25) is 4.79 Å². The van der Waals surface area contributed by atoms with Crippen molar-refractivity contribution in [2.75, 3.05) is 5.32 Å². The molecule has 2 atom stereocenters. The van der Waals surface area contributed by atoms with E-state index in [1.54, 1.807) is 6.08 Å². The summed E-state index contributed by atoms with van der Waals surface area (Å²) in [5.74, 6) is -0.345. The predicted molar refractivity (Wildman–Crippen MR) is 84.8 cm³/mol. The molecule has 0 spiro atoms. The summed E-state index contributed by atoms with van der Waals surface area (Å²) in [5, 5.41) is 13.0.